The van der Waals surface area contributed by atoms with Crippen molar-refractivity contribution in [2.45, 2.75) is 12.5 Å². The summed E-state index contributed by atoms with van der Waals surface area (Å²) in [5, 5.41) is 0. The first-order valence-electron chi connectivity index (χ1n) is 4.95. The number of likely N-dealkylation sites (tertiary alicyclic amines) is 1. The molecule has 1 aromatic rings. The minimum absolute atomic E-state index is 0.337. The van der Waals surface area contributed by atoms with Gasteiger partial charge in [-0.2, -0.15) is 0 Å². The highest BCUT2D eigenvalue weighted by molar-refractivity contribution is 5.41. The Kier molecular flexibility index (Phi) is 2.59. The van der Waals surface area contributed by atoms with E-state index in [-0.39, 0.29) is 0 Å². The number of benzene rings is 1. The van der Waals surface area contributed by atoms with Crippen molar-refractivity contribution < 1.29 is 4.74 Å². The second-order valence-electron chi connectivity index (χ2n) is 3.86. The van der Waals surface area contributed by atoms with Crippen molar-refractivity contribution in [1.29, 1.82) is 0 Å². The molecule has 1 saturated heterocycles. The molecule has 0 radical (unpaired) electrons. The van der Waals surface area contributed by atoms with Gasteiger partial charge in [-0.3, -0.25) is 0 Å². The number of ether oxygens (including phenoxy) is 1. The Balaban J connectivity index is 1.94. The molecule has 1 aliphatic heterocycles. The largest absolute Gasteiger partial charge is 0.489 e. The van der Waals surface area contributed by atoms with Gasteiger partial charge in [0.15, 0.2) is 0 Å². The maximum Gasteiger partial charge on any atom is 0.119 e. The quantitative estimate of drug-likeness (QED) is 0.719. The van der Waals surface area contributed by atoms with Crippen molar-refractivity contribution in [3.63, 3.8) is 0 Å². The number of nitrogens with two attached hydrogens (primary N) is 1. The maximum absolute atomic E-state index is 5.80. The van der Waals surface area contributed by atoms with Gasteiger partial charge in [0.05, 0.1) is 0 Å². The topological polar surface area (TPSA) is 38.5 Å². The summed E-state index contributed by atoms with van der Waals surface area (Å²) < 4.78 is 5.80. The Hall–Kier alpha value is -1.22. The number of rotatable bonds is 2. The molecule has 0 amide bonds. The third-order valence-electron chi connectivity index (χ3n) is 2.53. The molecule has 0 aromatic heterocycles. The Bertz CT molecular complexity index is 297. The first kappa shape index (κ1) is 9.34. The van der Waals surface area contributed by atoms with E-state index in [1.165, 1.54) is 0 Å². The molecule has 1 aliphatic rings. The van der Waals surface area contributed by atoms with E-state index < -0.39 is 0 Å². The first-order chi connectivity index (χ1) is 6.74. The monoisotopic (exact) mass is 192 g/mol. The van der Waals surface area contributed by atoms with Gasteiger partial charge in [-0.1, -0.05) is 0 Å². The fraction of sp³-hybridized carbons (Fsp3) is 0.455. The summed E-state index contributed by atoms with van der Waals surface area (Å²) in [6.45, 7) is 2.14. The molecule has 0 aliphatic carbocycles. The van der Waals surface area contributed by atoms with E-state index in [4.69, 9.17) is 10.5 Å². The zero-order valence-corrected chi connectivity index (χ0v) is 8.44. The van der Waals surface area contributed by atoms with Crippen LogP contribution in [-0.4, -0.2) is 31.1 Å². The van der Waals surface area contributed by atoms with Crippen LogP contribution in [0, 0.1) is 0 Å². The van der Waals surface area contributed by atoms with Gasteiger partial charge < -0.3 is 15.4 Å². The molecular formula is C11H16N2O. The molecule has 1 heterocycles. The van der Waals surface area contributed by atoms with Gasteiger partial charge >= 0.3 is 0 Å². The highest BCUT2D eigenvalue weighted by Crippen LogP contribution is 2.18. The van der Waals surface area contributed by atoms with Gasteiger partial charge in [0.25, 0.3) is 0 Å². The standard InChI is InChI=1S/C11H16N2O/c1-13-7-6-11(8-13)14-10-4-2-9(12)3-5-10/h2-5,11H,6-8,12H2,1H3/t11-/m1/s1. The molecule has 2 rings (SSSR count). The highest BCUT2D eigenvalue weighted by atomic mass is 16.5. The second-order valence-corrected chi connectivity index (χ2v) is 3.86. The zero-order valence-electron chi connectivity index (χ0n) is 8.44. The number of hydrogen-bond acceptors (Lipinski definition) is 3. The third-order valence-corrected chi connectivity index (χ3v) is 2.53. The number of likely N-dealkylation sites (N-methyl/N-ethyl adjacent to an activating group) is 1. The molecule has 1 atom stereocenters. The van der Waals surface area contributed by atoms with Crippen LogP contribution < -0.4 is 10.5 Å². The van der Waals surface area contributed by atoms with E-state index in [0.717, 1.165) is 30.9 Å². The number of hydrogen-bond donors (Lipinski definition) is 1. The van der Waals surface area contributed by atoms with E-state index in [2.05, 4.69) is 11.9 Å². The second kappa shape index (κ2) is 3.88. The van der Waals surface area contributed by atoms with Crippen molar-refractivity contribution >= 4 is 5.69 Å². The molecule has 3 nitrogen and oxygen atoms in total. The van der Waals surface area contributed by atoms with Crippen molar-refractivity contribution in [2.75, 3.05) is 25.9 Å². The van der Waals surface area contributed by atoms with Gasteiger partial charge in [0.2, 0.25) is 0 Å². The maximum atomic E-state index is 5.80. The van der Waals surface area contributed by atoms with E-state index in [9.17, 15) is 0 Å². The summed E-state index contributed by atoms with van der Waals surface area (Å²) >= 11 is 0. The predicted molar refractivity (Wildman–Crippen MR) is 57.4 cm³/mol. The summed E-state index contributed by atoms with van der Waals surface area (Å²) in [5.41, 5.74) is 6.37. The number of anilines is 1. The molecule has 14 heavy (non-hydrogen) atoms. The van der Waals surface area contributed by atoms with Crippen molar-refractivity contribution in [2.24, 2.45) is 0 Å². The fourth-order valence-electron chi connectivity index (χ4n) is 1.73. The fourth-order valence-corrected chi connectivity index (χ4v) is 1.73. The minimum Gasteiger partial charge on any atom is -0.489 e. The summed E-state index contributed by atoms with van der Waals surface area (Å²) in [4.78, 5) is 2.28. The van der Waals surface area contributed by atoms with Crippen molar-refractivity contribution in [3.8, 4) is 5.75 Å². The van der Waals surface area contributed by atoms with Crippen LogP contribution in [0.2, 0.25) is 0 Å². The molecule has 1 aromatic carbocycles. The number of nitrogens with zero attached hydrogens (tertiary/aromatic N) is 1. The number of nitrogen functional groups attached to an aromatic ring is 1. The van der Waals surface area contributed by atoms with Gasteiger partial charge in [-0.05, 0) is 37.7 Å². The predicted octanol–water partition coefficient (Wildman–Crippen LogP) is 1.35. The lowest BCUT2D eigenvalue weighted by Gasteiger charge is -2.13. The molecular weight excluding hydrogens is 176 g/mol. The molecule has 0 saturated carbocycles. The van der Waals surface area contributed by atoms with Crippen LogP contribution in [0.25, 0.3) is 0 Å². The average molecular weight is 192 g/mol. The van der Waals surface area contributed by atoms with Gasteiger partial charge in [0, 0.05) is 18.8 Å². The van der Waals surface area contributed by atoms with Crippen molar-refractivity contribution in [1.82, 2.24) is 4.90 Å². The average Bonchev–Trinajstić information content (AvgIpc) is 2.56. The van der Waals surface area contributed by atoms with Crippen LogP contribution in [0.3, 0.4) is 0 Å². The summed E-state index contributed by atoms with van der Waals surface area (Å²) in [6, 6.07) is 7.59. The summed E-state index contributed by atoms with van der Waals surface area (Å²) in [7, 11) is 2.12. The van der Waals surface area contributed by atoms with E-state index >= 15 is 0 Å². The van der Waals surface area contributed by atoms with Gasteiger partial charge in [-0.25, -0.2) is 0 Å². The molecule has 0 unspecified atom stereocenters. The Labute approximate surface area is 84.5 Å². The van der Waals surface area contributed by atoms with E-state index in [1.807, 2.05) is 24.3 Å². The Morgan fingerprint density at radius 3 is 2.64 bits per heavy atom. The SMILES string of the molecule is CN1CC[C@@H](Oc2ccc(N)cc2)C1. The zero-order chi connectivity index (χ0) is 9.97. The van der Waals surface area contributed by atoms with Crippen LogP contribution in [0.4, 0.5) is 5.69 Å². The highest BCUT2D eigenvalue weighted by Gasteiger charge is 2.20. The van der Waals surface area contributed by atoms with Crippen LogP contribution >= 0.6 is 0 Å². The molecule has 1 fully saturated rings. The summed E-state index contributed by atoms with van der Waals surface area (Å²) in [5.74, 6) is 0.916. The van der Waals surface area contributed by atoms with Gasteiger partial charge in [0.1, 0.15) is 11.9 Å². The third kappa shape index (κ3) is 2.17. The van der Waals surface area contributed by atoms with Crippen LogP contribution in [0.1, 0.15) is 6.42 Å². The summed E-state index contributed by atoms with van der Waals surface area (Å²) in [6.07, 6.45) is 1.45. The molecule has 0 bridgehead atoms. The van der Waals surface area contributed by atoms with Crippen molar-refractivity contribution in [3.05, 3.63) is 24.3 Å². The van der Waals surface area contributed by atoms with Gasteiger partial charge in [-0.15, -0.1) is 0 Å². The molecule has 76 valence electrons. The lowest BCUT2D eigenvalue weighted by Crippen LogP contribution is -2.21. The molecule has 0 spiro atoms. The lowest BCUT2D eigenvalue weighted by atomic mass is 10.3. The van der Waals surface area contributed by atoms with Crippen LogP contribution in [0.5, 0.6) is 5.75 Å². The Morgan fingerprint density at radius 1 is 1.36 bits per heavy atom. The van der Waals surface area contributed by atoms with E-state index in [0.29, 0.717) is 6.10 Å². The molecule has 3 heteroatoms. The Morgan fingerprint density at radius 2 is 2.07 bits per heavy atom. The van der Waals surface area contributed by atoms with Crippen LogP contribution in [0.15, 0.2) is 24.3 Å². The van der Waals surface area contributed by atoms with E-state index in [1.54, 1.807) is 0 Å². The molecule has 2 N–H and O–H groups in total. The smallest absolute Gasteiger partial charge is 0.119 e. The first-order valence-corrected chi connectivity index (χ1v) is 4.95. The minimum atomic E-state index is 0.337. The van der Waals surface area contributed by atoms with Crippen LogP contribution in [-0.2, 0) is 0 Å². The lowest BCUT2D eigenvalue weighted by molar-refractivity contribution is 0.208. The normalized spacial score (nSPS) is 22.5.